The Bertz CT molecular complexity index is 437. The molecule has 0 aliphatic rings. The van der Waals surface area contributed by atoms with Gasteiger partial charge < -0.3 is 0 Å². The van der Waals surface area contributed by atoms with Crippen molar-refractivity contribution in [3.05, 3.63) is 28.1 Å². The normalized spacial score (nSPS) is 10.4. The van der Waals surface area contributed by atoms with Crippen LogP contribution in [0.5, 0.6) is 0 Å². The third kappa shape index (κ3) is 2.60. The predicted octanol–water partition coefficient (Wildman–Crippen LogP) is 3.06. The molecule has 0 amide bonds. The minimum atomic E-state index is -0.0130. The molecule has 0 spiro atoms. The number of pyridine rings is 1. The van der Waals surface area contributed by atoms with E-state index in [4.69, 9.17) is 0 Å². The van der Waals surface area contributed by atoms with Gasteiger partial charge in [-0.2, -0.15) is 0 Å². The second-order valence-electron chi connectivity index (χ2n) is 4.37. The van der Waals surface area contributed by atoms with Crippen molar-refractivity contribution >= 4 is 11.6 Å². The maximum atomic E-state index is 11.7. The minimum Gasteiger partial charge on any atom is -0.294 e. The Hall–Kier alpha value is -1.51. The summed E-state index contributed by atoms with van der Waals surface area (Å²) in [4.78, 5) is 27.7. The fourth-order valence-electron chi connectivity index (χ4n) is 2.36. The first-order chi connectivity index (χ1) is 7.90. The number of hydrogen-bond acceptors (Lipinski definition) is 3. The van der Waals surface area contributed by atoms with Crippen molar-refractivity contribution in [2.45, 2.75) is 47.5 Å². The molecule has 0 N–H and O–H groups in total. The first kappa shape index (κ1) is 13.6. The highest BCUT2D eigenvalue weighted by atomic mass is 16.1. The summed E-state index contributed by atoms with van der Waals surface area (Å²) in [5.41, 5.74) is 3.58. The topological polar surface area (TPSA) is 47.0 Å². The molecule has 0 saturated heterocycles. The van der Waals surface area contributed by atoms with Crippen molar-refractivity contribution in [1.29, 1.82) is 0 Å². The summed E-state index contributed by atoms with van der Waals surface area (Å²) in [6.07, 6.45) is 1.65. The zero-order chi connectivity index (χ0) is 13.2. The smallest absolute Gasteiger partial charge is 0.161 e. The Morgan fingerprint density at radius 2 is 1.41 bits per heavy atom. The van der Waals surface area contributed by atoms with E-state index in [2.05, 4.69) is 4.98 Å². The minimum absolute atomic E-state index is 0.0130. The van der Waals surface area contributed by atoms with Crippen molar-refractivity contribution in [2.75, 3.05) is 0 Å². The highest BCUT2D eigenvalue weighted by Crippen LogP contribution is 2.23. The highest BCUT2D eigenvalue weighted by Gasteiger charge is 2.20. The SMILES string of the molecule is CCCc1c(C(C)=O)c(C)nc(C)c1C(C)=O. The van der Waals surface area contributed by atoms with E-state index in [0.717, 1.165) is 29.8 Å². The average molecular weight is 233 g/mol. The van der Waals surface area contributed by atoms with E-state index in [9.17, 15) is 9.59 Å². The third-order valence-electron chi connectivity index (χ3n) is 2.87. The van der Waals surface area contributed by atoms with E-state index in [1.165, 1.54) is 13.8 Å². The maximum Gasteiger partial charge on any atom is 0.161 e. The van der Waals surface area contributed by atoms with Crippen LogP contribution >= 0.6 is 0 Å². The molecular weight excluding hydrogens is 214 g/mol. The summed E-state index contributed by atoms with van der Waals surface area (Å²) in [6, 6.07) is 0. The van der Waals surface area contributed by atoms with Gasteiger partial charge in [0.2, 0.25) is 0 Å². The van der Waals surface area contributed by atoms with Crippen LogP contribution in [0.15, 0.2) is 0 Å². The van der Waals surface area contributed by atoms with Gasteiger partial charge in [-0.05, 0) is 39.7 Å². The lowest BCUT2D eigenvalue weighted by atomic mass is 9.91. The molecule has 0 atom stereocenters. The Morgan fingerprint density at radius 3 is 1.71 bits per heavy atom. The van der Waals surface area contributed by atoms with Gasteiger partial charge >= 0.3 is 0 Å². The highest BCUT2D eigenvalue weighted by molar-refractivity contribution is 6.03. The molecular formula is C14H19NO2. The molecule has 0 fully saturated rings. The van der Waals surface area contributed by atoms with Gasteiger partial charge in [0, 0.05) is 22.5 Å². The summed E-state index contributed by atoms with van der Waals surface area (Å²) in [7, 11) is 0. The van der Waals surface area contributed by atoms with E-state index in [-0.39, 0.29) is 11.6 Å². The number of rotatable bonds is 4. The van der Waals surface area contributed by atoms with Crippen LogP contribution in [0.3, 0.4) is 0 Å². The van der Waals surface area contributed by atoms with Gasteiger partial charge in [-0.1, -0.05) is 13.3 Å². The summed E-state index contributed by atoms with van der Waals surface area (Å²) < 4.78 is 0. The number of aromatic nitrogens is 1. The number of nitrogens with zero attached hydrogens (tertiary/aromatic N) is 1. The van der Waals surface area contributed by atoms with Gasteiger partial charge in [-0.15, -0.1) is 0 Å². The van der Waals surface area contributed by atoms with Crippen molar-refractivity contribution in [1.82, 2.24) is 4.98 Å². The van der Waals surface area contributed by atoms with Crippen LogP contribution in [0.1, 0.15) is 64.9 Å². The maximum absolute atomic E-state index is 11.7. The van der Waals surface area contributed by atoms with Crippen molar-refractivity contribution in [3.8, 4) is 0 Å². The summed E-state index contributed by atoms with van der Waals surface area (Å²) in [5, 5.41) is 0. The van der Waals surface area contributed by atoms with Crippen LogP contribution < -0.4 is 0 Å². The number of aryl methyl sites for hydroxylation is 2. The molecule has 0 aliphatic heterocycles. The Kier molecular flexibility index (Phi) is 4.16. The summed E-state index contributed by atoms with van der Waals surface area (Å²) in [5.74, 6) is -0.0260. The molecule has 0 aromatic carbocycles. The average Bonchev–Trinajstić information content (AvgIpc) is 2.15. The van der Waals surface area contributed by atoms with Gasteiger partial charge in [0.1, 0.15) is 0 Å². The fraction of sp³-hybridized carbons (Fsp3) is 0.500. The number of Topliss-reactive ketones (excluding diaryl/α,β-unsaturated/α-hetero) is 2. The van der Waals surface area contributed by atoms with Crippen molar-refractivity contribution in [2.24, 2.45) is 0 Å². The first-order valence-corrected chi connectivity index (χ1v) is 5.92. The lowest BCUT2D eigenvalue weighted by Gasteiger charge is -2.15. The quantitative estimate of drug-likeness (QED) is 0.751. The summed E-state index contributed by atoms with van der Waals surface area (Å²) >= 11 is 0. The number of hydrogen-bond donors (Lipinski definition) is 0. The Balaban J connectivity index is 3.64. The Labute approximate surface area is 102 Å². The van der Waals surface area contributed by atoms with Crippen molar-refractivity contribution < 1.29 is 9.59 Å². The van der Waals surface area contributed by atoms with Crippen LogP contribution in [0, 0.1) is 13.8 Å². The molecule has 1 aromatic rings. The van der Waals surface area contributed by atoms with Gasteiger partial charge in [0.05, 0.1) is 0 Å². The second-order valence-corrected chi connectivity index (χ2v) is 4.37. The van der Waals surface area contributed by atoms with Crippen LogP contribution in [-0.4, -0.2) is 16.6 Å². The molecule has 1 aromatic heterocycles. The van der Waals surface area contributed by atoms with Gasteiger partial charge in [-0.25, -0.2) is 0 Å². The molecule has 3 heteroatoms. The molecule has 1 rings (SSSR count). The van der Waals surface area contributed by atoms with Gasteiger partial charge in [0.25, 0.3) is 0 Å². The summed E-state index contributed by atoms with van der Waals surface area (Å²) in [6.45, 7) is 8.75. The standard InChI is InChI=1S/C14H19NO2/c1-6-7-12-13(10(4)16)8(2)15-9(3)14(12)11(5)17/h6-7H2,1-5H3. The van der Waals surface area contributed by atoms with E-state index in [1.54, 1.807) is 0 Å². The third-order valence-corrected chi connectivity index (χ3v) is 2.87. The zero-order valence-electron chi connectivity index (χ0n) is 11.2. The first-order valence-electron chi connectivity index (χ1n) is 5.92. The lowest BCUT2D eigenvalue weighted by molar-refractivity contribution is 0.101. The monoisotopic (exact) mass is 233 g/mol. The predicted molar refractivity (Wildman–Crippen MR) is 67.7 cm³/mol. The fourth-order valence-corrected chi connectivity index (χ4v) is 2.36. The number of carbonyl (C=O) groups excluding carboxylic acids is 2. The van der Waals surface area contributed by atoms with Gasteiger partial charge in [0.15, 0.2) is 11.6 Å². The molecule has 0 unspecified atom stereocenters. The van der Waals surface area contributed by atoms with Crippen LogP contribution in [0.4, 0.5) is 0 Å². The number of carbonyl (C=O) groups is 2. The molecule has 92 valence electrons. The van der Waals surface area contributed by atoms with Crippen LogP contribution in [-0.2, 0) is 6.42 Å². The van der Waals surface area contributed by atoms with E-state index >= 15 is 0 Å². The van der Waals surface area contributed by atoms with E-state index < -0.39 is 0 Å². The zero-order valence-corrected chi connectivity index (χ0v) is 11.2. The Morgan fingerprint density at radius 1 is 1.00 bits per heavy atom. The molecule has 0 saturated carbocycles. The van der Waals surface area contributed by atoms with Crippen LogP contribution in [0.2, 0.25) is 0 Å². The number of ketones is 2. The molecule has 0 bridgehead atoms. The molecule has 17 heavy (non-hydrogen) atoms. The molecule has 0 aliphatic carbocycles. The molecule has 1 heterocycles. The largest absolute Gasteiger partial charge is 0.294 e. The second kappa shape index (κ2) is 5.21. The van der Waals surface area contributed by atoms with Crippen molar-refractivity contribution in [3.63, 3.8) is 0 Å². The van der Waals surface area contributed by atoms with Gasteiger partial charge in [-0.3, -0.25) is 14.6 Å². The lowest BCUT2D eigenvalue weighted by Crippen LogP contribution is -2.13. The van der Waals surface area contributed by atoms with E-state index in [0.29, 0.717) is 11.1 Å². The molecule has 3 nitrogen and oxygen atoms in total. The molecule has 0 radical (unpaired) electrons. The van der Waals surface area contributed by atoms with Crippen LogP contribution in [0.25, 0.3) is 0 Å². The van der Waals surface area contributed by atoms with E-state index in [1.807, 2.05) is 20.8 Å².